The summed E-state index contributed by atoms with van der Waals surface area (Å²) in [5.74, 6) is 1.34. The minimum atomic E-state index is -3.33. The van der Waals surface area contributed by atoms with Gasteiger partial charge in [-0.05, 0) is 30.5 Å². The average molecular weight is 549 g/mol. The molecule has 12 heteroatoms. The molecule has 2 fully saturated rings. The number of nitrogens with zero attached hydrogens (tertiary/aromatic N) is 3. The van der Waals surface area contributed by atoms with Crippen LogP contribution in [0.25, 0.3) is 22.6 Å². The summed E-state index contributed by atoms with van der Waals surface area (Å²) >= 11 is 6.58. The van der Waals surface area contributed by atoms with E-state index in [1.54, 1.807) is 13.3 Å². The van der Waals surface area contributed by atoms with Crippen molar-refractivity contribution in [1.29, 1.82) is 0 Å². The molecule has 0 amide bonds. The summed E-state index contributed by atoms with van der Waals surface area (Å²) in [4.78, 5) is 14.9. The van der Waals surface area contributed by atoms with E-state index in [2.05, 4.69) is 31.0 Å². The lowest BCUT2D eigenvalue weighted by molar-refractivity contribution is 0.0342. The van der Waals surface area contributed by atoms with Gasteiger partial charge in [-0.15, -0.1) is 0 Å². The van der Waals surface area contributed by atoms with Gasteiger partial charge in [0.15, 0.2) is 5.65 Å². The fourth-order valence-electron chi connectivity index (χ4n) is 5.15. The zero-order valence-corrected chi connectivity index (χ0v) is 22.7. The topological polar surface area (TPSA) is 121 Å². The van der Waals surface area contributed by atoms with Crippen LogP contribution >= 0.6 is 11.6 Å². The van der Waals surface area contributed by atoms with E-state index in [1.165, 1.54) is 6.26 Å². The van der Waals surface area contributed by atoms with Crippen molar-refractivity contribution in [3.63, 3.8) is 0 Å². The van der Waals surface area contributed by atoms with Gasteiger partial charge in [0.25, 0.3) is 0 Å². The van der Waals surface area contributed by atoms with E-state index < -0.39 is 10.0 Å². The number of anilines is 1. The lowest BCUT2D eigenvalue weighted by Crippen LogP contribution is -2.48. The lowest BCUT2D eigenvalue weighted by atomic mass is 9.91. The van der Waals surface area contributed by atoms with Crippen molar-refractivity contribution in [3.05, 3.63) is 35.0 Å². The number of H-pyrrole nitrogens is 1. The van der Waals surface area contributed by atoms with E-state index in [1.807, 2.05) is 12.1 Å². The first-order valence-electron chi connectivity index (χ1n) is 12.6. The lowest BCUT2D eigenvalue weighted by Gasteiger charge is -2.33. The normalized spacial score (nSPS) is 21.3. The fraction of sp³-hybridized carbons (Fsp3) is 0.520. The van der Waals surface area contributed by atoms with E-state index in [4.69, 9.17) is 26.1 Å². The minimum absolute atomic E-state index is 0.104. The third-order valence-electron chi connectivity index (χ3n) is 6.97. The van der Waals surface area contributed by atoms with Crippen LogP contribution in [0, 0.1) is 0 Å². The highest BCUT2D eigenvalue weighted by Gasteiger charge is 2.29. The Hall–Kier alpha value is -2.44. The molecule has 0 unspecified atom stereocenters. The molecule has 1 aliphatic carbocycles. The van der Waals surface area contributed by atoms with Gasteiger partial charge in [0.1, 0.15) is 17.1 Å². The third-order valence-corrected chi connectivity index (χ3v) is 7.98. The van der Waals surface area contributed by atoms with Crippen molar-refractivity contribution in [2.24, 2.45) is 0 Å². The van der Waals surface area contributed by atoms with Crippen LogP contribution in [0.1, 0.15) is 31.2 Å². The Kier molecular flexibility index (Phi) is 7.87. The van der Waals surface area contributed by atoms with Gasteiger partial charge in [0, 0.05) is 31.7 Å². The smallest absolute Gasteiger partial charge is 0.209 e. The average Bonchev–Trinajstić information content (AvgIpc) is 3.31. The van der Waals surface area contributed by atoms with E-state index >= 15 is 0 Å². The van der Waals surface area contributed by atoms with Gasteiger partial charge in [-0.2, -0.15) is 0 Å². The van der Waals surface area contributed by atoms with Crippen LogP contribution < -0.4 is 14.8 Å². The molecule has 2 aromatic heterocycles. The molecule has 3 heterocycles. The number of fused-ring (bicyclic) bond motifs is 1. The standard InChI is InChI=1S/C25H33ClN6O4S/c1-35-21-13-16(15-32-9-11-36-12-10-32)7-8-17(21)24-29-23-22(18(26)14-27-25(23)30-24)28-19-5-3-4-6-20(19)31-37(2,33)34/h7-8,13-14,19-20,31H,3-6,9-12,15H2,1-2H3,(H2,27,28,29,30)/t19-,20-/m1/s1. The molecule has 1 aliphatic heterocycles. The second kappa shape index (κ2) is 11.1. The minimum Gasteiger partial charge on any atom is -0.496 e. The molecule has 0 spiro atoms. The van der Waals surface area contributed by atoms with Crippen LogP contribution in [0.3, 0.4) is 0 Å². The fourth-order valence-corrected chi connectivity index (χ4v) is 6.18. The third kappa shape index (κ3) is 6.18. The number of pyridine rings is 1. The molecule has 3 aromatic rings. The first-order chi connectivity index (χ1) is 17.8. The quantitative estimate of drug-likeness (QED) is 0.391. The molecule has 10 nitrogen and oxygen atoms in total. The monoisotopic (exact) mass is 548 g/mol. The maximum absolute atomic E-state index is 11.9. The molecule has 3 N–H and O–H groups in total. The molecule has 200 valence electrons. The number of imidazole rings is 1. The predicted octanol–water partition coefficient (Wildman–Crippen LogP) is 3.39. The summed E-state index contributed by atoms with van der Waals surface area (Å²) in [5.41, 5.74) is 3.84. The van der Waals surface area contributed by atoms with Gasteiger partial charge < -0.3 is 19.8 Å². The number of aromatic nitrogens is 3. The first kappa shape index (κ1) is 26.2. The summed E-state index contributed by atoms with van der Waals surface area (Å²) in [5, 5.41) is 3.94. The Morgan fingerprint density at radius 3 is 2.70 bits per heavy atom. The maximum atomic E-state index is 11.9. The Morgan fingerprint density at radius 2 is 1.97 bits per heavy atom. The number of morpholine rings is 1. The number of hydrogen-bond donors (Lipinski definition) is 3. The Labute approximate surface area is 222 Å². The summed E-state index contributed by atoms with van der Waals surface area (Å²) in [6.07, 6.45) is 6.33. The number of benzene rings is 1. The van der Waals surface area contributed by atoms with Crippen LogP contribution in [-0.4, -0.2) is 80.0 Å². The Balaban J connectivity index is 1.43. The molecule has 1 aromatic carbocycles. The van der Waals surface area contributed by atoms with Gasteiger partial charge in [0.05, 0.1) is 49.0 Å². The number of methoxy groups -OCH3 is 1. The van der Waals surface area contributed by atoms with E-state index in [0.29, 0.717) is 27.7 Å². The molecule has 2 aliphatic rings. The number of sulfonamides is 1. The highest BCUT2D eigenvalue weighted by atomic mass is 35.5. The van der Waals surface area contributed by atoms with Crippen molar-refractivity contribution in [3.8, 4) is 17.1 Å². The van der Waals surface area contributed by atoms with E-state index in [-0.39, 0.29) is 12.1 Å². The predicted molar refractivity (Wildman–Crippen MR) is 145 cm³/mol. The van der Waals surface area contributed by atoms with Crippen molar-refractivity contribution >= 4 is 38.5 Å². The second-order valence-corrected chi connectivity index (χ2v) is 11.9. The Morgan fingerprint density at radius 1 is 1.22 bits per heavy atom. The van der Waals surface area contributed by atoms with Crippen molar-refractivity contribution in [2.45, 2.75) is 44.3 Å². The van der Waals surface area contributed by atoms with Crippen LogP contribution in [0.4, 0.5) is 5.69 Å². The molecule has 2 atom stereocenters. The summed E-state index contributed by atoms with van der Waals surface area (Å²) in [6.45, 7) is 4.17. The molecule has 0 bridgehead atoms. The highest BCUT2D eigenvalue weighted by molar-refractivity contribution is 7.88. The molecule has 37 heavy (non-hydrogen) atoms. The number of nitrogens with one attached hydrogen (secondary N) is 3. The van der Waals surface area contributed by atoms with Crippen molar-refractivity contribution in [1.82, 2.24) is 24.6 Å². The van der Waals surface area contributed by atoms with Gasteiger partial charge in [0.2, 0.25) is 10.0 Å². The number of rotatable bonds is 8. The summed E-state index contributed by atoms with van der Waals surface area (Å²) in [7, 11) is -1.68. The van der Waals surface area contributed by atoms with Crippen LogP contribution in [0.15, 0.2) is 24.4 Å². The molecular weight excluding hydrogens is 516 g/mol. The zero-order chi connectivity index (χ0) is 26.0. The van der Waals surface area contributed by atoms with Crippen molar-refractivity contribution in [2.75, 3.05) is 45.0 Å². The van der Waals surface area contributed by atoms with Crippen LogP contribution in [0.5, 0.6) is 5.75 Å². The van der Waals surface area contributed by atoms with E-state index in [9.17, 15) is 8.42 Å². The molecule has 1 saturated carbocycles. The molecule has 5 rings (SSSR count). The molecule has 0 radical (unpaired) electrons. The number of ether oxygens (including phenoxy) is 2. The largest absolute Gasteiger partial charge is 0.496 e. The zero-order valence-electron chi connectivity index (χ0n) is 21.1. The summed E-state index contributed by atoms with van der Waals surface area (Å²) < 4.78 is 37.8. The molecular formula is C25H33ClN6O4S. The van der Waals surface area contributed by atoms with Gasteiger partial charge in [-0.25, -0.2) is 23.1 Å². The Bertz CT molecular complexity index is 1360. The highest BCUT2D eigenvalue weighted by Crippen LogP contribution is 2.35. The van der Waals surface area contributed by atoms with Crippen molar-refractivity contribution < 1.29 is 17.9 Å². The maximum Gasteiger partial charge on any atom is 0.209 e. The second-order valence-electron chi connectivity index (χ2n) is 9.72. The SMILES string of the molecule is COc1cc(CN2CCOCC2)ccc1-c1nc2ncc(Cl)c(N[C@@H]3CCCC[C@H]3NS(C)(=O)=O)c2[nH]1. The molecule has 1 saturated heterocycles. The van der Waals surface area contributed by atoms with Crippen LogP contribution in [0.2, 0.25) is 5.02 Å². The summed E-state index contributed by atoms with van der Waals surface area (Å²) in [6, 6.07) is 5.82. The van der Waals surface area contributed by atoms with Gasteiger partial charge >= 0.3 is 0 Å². The number of halogens is 1. The number of hydrogen-bond acceptors (Lipinski definition) is 8. The number of aromatic amines is 1. The van der Waals surface area contributed by atoms with Crippen LogP contribution in [-0.2, 0) is 21.3 Å². The van der Waals surface area contributed by atoms with Gasteiger partial charge in [-0.1, -0.05) is 30.5 Å². The van der Waals surface area contributed by atoms with E-state index in [0.717, 1.165) is 75.4 Å². The first-order valence-corrected chi connectivity index (χ1v) is 14.8. The van der Waals surface area contributed by atoms with Gasteiger partial charge in [-0.3, -0.25) is 4.90 Å².